The molecule has 124 valence electrons. The van der Waals surface area contributed by atoms with Crippen LogP contribution in [0.2, 0.25) is 0 Å². The van der Waals surface area contributed by atoms with E-state index in [9.17, 15) is 9.90 Å². The smallest absolute Gasteiger partial charge is 0.254 e. The van der Waals surface area contributed by atoms with E-state index in [0.29, 0.717) is 17.0 Å². The first-order chi connectivity index (χ1) is 11.6. The molecule has 3 rings (SSSR count). The van der Waals surface area contributed by atoms with Crippen molar-refractivity contribution in [1.82, 2.24) is 19.6 Å². The largest absolute Gasteiger partial charge is 0.493 e. The Hall–Kier alpha value is -2.96. The first kappa shape index (κ1) is 15.9. The highest BCUT2D eigenvalue weighted by atomic mass is 16.5. The van der Waals surface area contributed by atoms with Crippen LogP contribution in [0.3, 0.4) is 0 Å². The van der Waals surface area contributed by atoms with Crippen LogP contribution in [0.15, 0.2) is 29.6 Å². The van der Waals surface area contributed by atoms with Gasteiger partial charge in [0.05, 0.1) is 18.5 Å². The SMILES string of the molecule is CCc1nc2nc(O)c(/C=C3/C=CC(=O)C(OC)=C3)n2nc1CC. The molecule has 2 aromatic rings. The molecular formula is C17H18N4O3. The number of hydrogen-bond acceptors (Lipinski definition) is 6. The van der Waals surface area contributed by atoms with E-state index in [4.69, 9.17) is 4.74 Å². The Kier molecular flexibility index (Phi) is 4.16. The fraction of sp³-hybridized carbons (Fsp3) is 0.294. The molecule has 0 saturated carbocycles. The van der Waals surface area contributed by atoms with Gasteiger partial charge in [-0.1, -0.05) is 19.9 Å². The molecule has 1 aliphatic carbocycles. The number of aromatic nitrogens is 4. The van der Waals surface area contributed by atoms with Gasteiger partial charge in [-0.3, -0.25) is 4.79 Å². The number of aryl methyl sites for hydroxylation is 2. The zero-order chi connectivity index (χ0) is 17.3. The van der Waals surface area contributed by atoms with Crippen LogP contribution >= 0.6 is 0 Å². The lowest BCUT2D eigenvalue weighted by Crippen LogP contribution is -2.07. The topological polar surface area (TPSA) is 89.6 Å². The zero-order valence-electron chi connectivity index (χ0n) is 13.8. The zero-order valence-corrected chi connectivity index (χ0v) is 13.8. The van der Waals surface area contributed by atoms with Gasteiger partial charge >= 0.3 is 0 Å². The molecule has 1 N–H and O–H groups in total. The van der Waals surface area contributed by atoms with Gasteiger partial charge < -0.3 is 9.84 Å². The second-order valence-electron chi connectivity index (χ2n) is 5.30. The number of fused-ring (bicyclic) bond motifs is 1. The number of carbonyl (C=O) groups excluding carboxylic acids is 1. The van der Waals surface area contributed by atoms with Crippen molar-refractivity contribution in [3.05, 3.63) is 46.6 Å². The van der Waals surface area contributed by atoms with E-state index in [1.807, 2.05) is 13.8 Å². The summed E-state index contributed by atoms with van der Waals surface area (Å²) in [5.74, 6) is 0.235. The molecule has 0 saturated heterocycles. The monoisotopic (exact) mass is 326 g/mol. The Morgan fingerprint density at radius 1 is 1.21 bits per heavy atom. The second kappa shape index (κ2) is 6.27. The number of hydrogen-bond donors (Lipinski definition) is 1. The Bertz CT molecular complexity index is 906. The maximum Gasteiger partial charge on any atom is 0.254 e. The molecule has 0 aliphatic heterocycles. The van der Waals surface area contributed by atoms with Crippen molar-refractivity contribution < 1.29 is 14.6 Å². The number of ether oxygens (including phenoxy) is 1. The van der Waals surface area contributed by atoms with Crippen molar-refractivity contribution in [1.29, 1.82) is 0 Å². The molecule has 2 heterocycles. The normalized spacial score (nSPS) is 16.0. The van der Waals surface area contributed by atoms with Crippen molar-refractivity contribution in [2.45, 2.75) is 26.7 Å². The van der Waals surface area contributed by atoms with Crippen molar-refractivity contribution in [2.24, 2.45) is 0 Å². The van der Waals surface area contributed by atoms with Crippen molar-refractivity contribution in [2.75, 3.05) is 7.11 Å². The van der Waals surface area contributed by atoms with Crippen LogP contribution in [-0.2, 0) is 22.4 Å². The van der Waals surface area contributed by atoms with Gasteiger partial charge in [-0.05, 0) is 36.6 Å². The third-order valence-corrected chi connectivity index (χ3v) is 3.80. The summed E-state index contributed by atoms with van der Waals surface area (Å²) in [5.41, 5.74) is 2.85. The summed E-state index contributed by atoms with van der Waals surface area (Å²) in [4.78, 5) is 20.2. The van der Waals surface area contributed by atoms with E-state index < -0.39 is 0 Å². The number of rotatable bonds is 4. The van der Waals surface area contributed by atoms with Gasteiger partial charge in [-0.25, -0.2) is 4.98 Å². The third kappa shape index (κ3) is 2.68. The number of aromatic hydroxyl groups is 1. The van der Waals surface area contributed by atoms with Gasteiger partial charge in [0.2, 0.25) is 11.7 Å². The first-order valence-corrected chi connectivity index (χ1v) is 7.74. The van der Waals surface area contributed by atoms with Crippen LogP contribution in [-0.4, -0.2) is 37.6 Å². The van der Waals surface area contributed by atoms with E-state index in [2.05, 4.69) is 15.1 Å². The Morgan fingerprint density at radius 2 is 1.96 bits per heavy atom. The highest BCUT2D eigenvalue weighted by Crippen LogP contribution is 2.23. The first-order valence-electron chi connectivity index (χ1n) is 7.74. The van der Waals surface area contributed by atoms with Crippen LogP contribution in [0.5, 0.6) is 5.88 Å². The van der Waals surface area contributed by atoms with Gasteiger partial charge in [0.25, 0.3) is 5.78 Å². The molecule has 0 atom stereocenters. The Morgan fingerprint density at radius 3 is 2.62 bits per heavy atom. The number of ketones is 1. The molecule has 0 aromatic carbocycles. The number of methoxy groups -OCH3 is 1. The molecule has 0 spiro atoms. The van der Waals surface area contributed by atoms with E-state index in [1.54, 1.807) is 18.2 Å². The Labute approximate surface area is 139 Å². The number of carbonyl (C=O) groups is 1. The van der Waals surface area contributed by atoms with Crippen LogP contribution in [0.1, 0.15) is 30.9 Å². The van der Waals surface area contributed by atoms with Crippen molar-refractivity contribution in [3.8, 4) is 5.88 Å². The molecule has 7 nitrogen and oxygen atoms in total. The lowest BCUT2D eigenvalue weighted by atomic mass is 10.1. The lowest BCUT2D eigenvalue weighted by Gasteiger charge is -2.08. The van der Waals surface area contributed by atoms with E-state index in [-0.39, 0.29) is 17.4 Å². The molecule has 1 aliphatic rings. The van der Waals surface area contributed by atoms with E-state index in [0.717, 1.165) is 24.2 Å². The minimum Gasteiger partial charge on any atom is -0.493 e. The standard InChI is InChI=1S/C17H18N4O3/c1-4-11-12(5-2)20-21-13(16(23)19-17(21)18-11)8-10-6-7-14(22)15(9-10)24-3/h6-9,23H,4-5H2,1-3H3/b10-8-. The van der Waals surface area contributed by atoms with Gasteiger partial charge in [0.15, 0.2) is 5.76 Å². The average molecular weight is 326 g/mol. The predicted octanol–water partition coefficient (Wildman–Crippen LogP) is 2.01. The summed E-state index contributed by atoms with van der Waals surface area (Å²) in [5, 5.41) is 14.7. The summed E-state index contributed by atoms with van der Waals surface area (Å²) in [6.45, 7) is 4.01. The van der Waals surface area contributed by atoms with Crippen LogP contribution in [0.4, 0.5) is 0 Å². The minimum absolute atomic E-state index is 0.157. The quantitative estimate of drug-likeness (QED) is 0.924. The summed E-state index contributed by atoms with van der Waals surface area (Å²) in [6.07, 6.45) is 7.86. The summed E-state index contributed by atoms with van der Waals surface area (Å²) in [6, 6.07) is 0. The molecule has 0 amide bonds. The van der Waals surface area contributed by atoms with Gasteiger partial charge in [-0.2, -0.15) is 14.6 Å². The van der Waals surface area contributed by atoms with Crippen LogP contribution in [0.25, 0.3) is 11.9 Å². The van der Waals surface area contributed by atoms with E-state index in [1.165, 1.54) is 17.7 Å². The van der Waals surface area contributed by atoms with E-state index >= 15 is 0 Å². The molecule has 2 aromatic heterocycles. The fourth-order valence-electron chi connectivity index (χ4n) is 2.55. The predicted molar refractivity (Wildman–Crippen MR) is 88.4 cm³/mol. The molecule has 7 heteroatoms. The molecule has 0 fully saturated rings. The number of allylic oxidation sites excluding steroid dienone is 4. The third-order valence-electron chi connectivity index (χ3n) is 3.80. The number of imidazole rings is 1. The summed E-state index contributed by atoms with van der Waals surface area (Å²) < 4.78 is 6.56. The minimum atomic E-state index is -0.197. The number of nitrogens with zero attached hydrogens (tertiary/aromatic N) is 4. The van der Waals surface area contributed by atoms with Crippen LogP contribution in [0, 0.1) is 0 Å². The second-order valence-corrected chi connectivity index (χ2v) is 5.30. The molecular weight excluding hydrogens is 308 g/mol. The molecule has 0 unspecified atom stereocenters. The summed E-state index contributed by atoms with van der Waals surface area (Å²) >= 11 is 0. The lowest BCUT2D eigenvalue weighted by molar-refractivity contribution is -0.114. The van der Waals surface area contributed by atoms with Crippen molar-refractivity contribution >= 4 is 17.6 Å². The highest BCUT2D eigenvalue weighted by Gasteiger charge is 2.17. The van der Waals surface area contributed by atoms with Gasteiger partial charge in [0.1, 0.15) is 5.69 Å². The average Bonchev–Trinajstić information content (AvgIpc) is 2.89. The maximum atomic E-state index is 11.6. The fourth-order valence-corrected chi connectivity index (χ4v) is 2.55. The van der Waals surface area contributed by atoms with Crippen molar-refractivity contribution in [3.63, 3.8) is 0 Å². The van der Waals surface area contributed by atoms with Gasteiger partial charge in [-0.15, -0.1) is 0 Å². The molecule has 24 heavy (non-hydrogen) atoms. The Balaban J connectivity index is 2.15. The van der Waals surface area contributed by atoms with Gasteiger partial charge in [0, 0.05) is 0 Å². The van der Waals surface area contributed by atoms with Crippen LogP contribution < -0.4 is 0 Å². The maximum absolute atomic E-state index is 11.6. The molecule has 0 radical (unpaired) electrons. The molecule has 0 bridgehead atoms. The summed E-state index contributed by atoms with van der Waals surface area (Å²) in [7, 11) is 1.44. The highest BCUT2D eigenvalue weighted by molar-refractivity contribution is 6.05.